The summed E-state index contributed by atoms with van der Waals surface area (Å²) in [6.45, 7) is 1.79. The maximum absolute atomic E-state index is 12.1. The topological polar surface area (TPSA) is 83.5 Å². The number of carboxylic acid groups (broad SMARTS) is 1. The second-order valence-electron chi connectivity index (χ2n) is 4.62. The summed E-state index contributed by atoms with van der Waals surface area (Å²) in [5, 5.41) is 10.7. The molecule has 5 nitrogen and oxygen atoms in total. The van der Waals surface area contributed by atoms with Crippen LogP contribution in [0.5, 0.6) is 0 Å². The number of carbonyl (C=O) groups is 1. The predicted molar refractivity (Wildman–Crippen MR) is 81.9 cm³/mol. The van der Waals surface area contributed by atoms with E-state index in [0.717, 1.165) is 4.88 Å². The van der Waals surface area contributed by atoms with E-state index in [1.807, 2.05) is 17.5 Å². The van der Waals surface area contributed by atoms with Crippen LogP contribution in [0.4, 0.5) is 0 Å². The first-order valence-electron chi connectivity index (χ1n) is 6.23. The minimum absolute atomic E-state index is 0.135. The highest BCUT2D eigenvalue weighted by molar-refractivity contribution is 7.88. The lowest BCUT2D eigenvalue weighted by molar-refractivity contribution is 0.0697. The molecular formula is C14H15NO4S2. The summed E-state index contributed by atoms with van der Waals surface area (Å²) in [7, 11) is -3.48. The van der Waals surface area contributed by atoms with Gasteiger partial charge >= 0.3 is 5.97 Å². The molecule has 0 amide bonds. The zero-order chi connectivity index (χ0) is 15.5. The molecule has 0 radical (unpaired) electrons. The predicted octanol–water partition coefficient (Wildman–Crippen LogP) is 2.63. The number of sulfonamides is 1. The largest absolute Gasteiger partial charge is 0.478 e. The van der Waals surface area contributed by atoms with E-state index >= 15 is 0 Å². The van der Waals surface area contributed by atoms with Gasteiger partial charge in [0.1, 0.15) is 0 Å². The molecule has 0 aliphatic rings. The van der Waals surface area contributed by atoms with E-state index in [0.29, 0.717) is 5.56 Å². The molecule has 1 unspecified atom stereocenters. The highest BCUT2D eigenvalue weighted by Crippen LogP contribution is 2.19. The summed E-state index contributed by atoms with van der Waals surface area (Å²) in [4.78, 5) is 11.7. The van der Waals surface area contributed by atoms with Crippen LogP contribution < -0.4 is 4.72 Å². The number of hydrogen-bond acceptors (Lipinski definition) is 4. The molecule has 2 rings (SSSR count). The number of aromatic carboxylic acids is 1. The molecule has 0 spiro atoms. The standard InChI is InChI=1S/C14H15NO4S2/c1-10(13-3-2-8-20-13)15-21(18,19)9-11-4-6-12(7-5-11)14(16)17/h2-8,10,15H,9H2,1H3,(H,16,17). The fourth-order valence-corrected chi connectivity index (χ4v) is 4.06. The fraction of sp³-hybridized carbons (Fsp3) is 0.214. The molecule has 1 aromatic heterocycles. The first kappa shape index (κ1) is 15.7. The number of thiophene rings is 1. The number of carboxylic acids is 1. The van der Waals surface area contributed by atoms with Crippen molar-refractivity contribution >= 4 is 27.3 Å². The molecule has 1 aromatic carbocycles. The zero-order valence-corrected chi connectivity index (χ0v) is 12.9. The Bertz CT molecular complexity index is 706. The summed E-state index contributed by atoms with van der Waals surface area (Å²) in [6, 6.07) is 9.28. The van der Waals surface area contributed by atoms with Gasteiger partial charge in [0.05, 0.1) is 17.4 Å². The smallest absolute Gasteiger partial charge is 0.335 e. The van der Waals surface area contributed by atoms with Gasteiger partial charge in [-0.3, -0.25) is 0 Å². The lowest BCUT2D eigenvalue weighted by atomic mass is 10.1. The molecule has 7 heteroatoms. The van der Waals surface area contributed by atoms with Gasteiger partial charge < -0.3 is 5.11 Å². The van der Waals surface area contributed by atoms with Crippen LogP contribution in [0.2, 0.25) is 0 Å². The molecule has 2 aromatic rings. The van der Waals surface area contributed by atoms with Gasteiger partial charge in [0.2, 0.25) is 10.0 Å². The van der Waals surface area contributed by atoms with E-state index in [9.17, 15) is 13.2 Å². The van der Waals surface area contributed by atoms with Crippen LogP contribution in [0.15, 0.2) is 41.8 Å². The van der Waals surface area contributed by atoms with Crippen molar-refractivity contribution in [3.8, 4) is 0 Å². The highest BCUT2D eigenvalue weighted by atomic mass is 32.2. The van der Waals surface area contributed by atoms with Gasteiger partial charge in [-0.15, -0.1) is 11.3 Å². The molecular weight excluding hydrogens is 310 g/mol. The van der Waals surface area contributed by atoms with Crippen LogP contribution in [0, 0.1) is 0 Å². The Morgan fingerprint density at radius 1 is 1.29 bits per heavy atom. The molecule has 2 N–H and O–H groups in total. The Morgan fingerprint density at radius 3 is 2.48 bits per heavy atom. The molecule has 0 fully saturated rings. The van der Waals surface area contributed by atoms with Gasteiger partial charge in [-0.2, -0.15) is 0 Å². The Kier molecular flexibility index (Phi) is 4.76. The molecule has 112 valence electrons. The van der Waals surface area contributed by atoms with Crippen molar-refractivity contribution in [3.05, 3.63) is 57.8 Å². The molecule has 0 aliphatic heterocycles. The number of benzene rings is 1. The van der Waals surface area contributed by atoms with Crippen LogP contribution in [0.3, 0.4) is 0 Å². The lowest BCUT2D eigenvalue weighted by Gasteiger charge is -2.12. The molecule has 1 heterocycles. The molecule has 0 bridgehead atoms. The van der Waals surface area contributed by atoms with Gasteiger partial charge in [0, 0.05) is 4.88 Å². The molecule has 0 aliphatic carbocycles. The monoisotopic (exact) mass is 325 g/mol. The summed E-state index contributed by atoms with van der Waals surface area (Å²) >= 11 is 1.49. The molecule has 21 heavy (non-hydrogen) atoms. The van der Waals surface area contributed by atoms with Crippen LogP contribution in [-0.4, -0.2) is 19.5 Å². The first-order chi connectivity index (χ1) is 9.87. The van der Waals surface area contributed by atoms with Crippen LogP contribution in [0.1, 0.15) is 33.8 Å². The third kappa shape index (κ3) is 4.38. The SMILES string of the molecule is CC(NS(=O)(=O)Cc1ccc(C(=O)O)cc1)c1cccs1. The van der Waals surface area contributed by atoms with Crippen molar-refractivity contribution in [2.24, 2.45) is 0 Å². The summed E-state index contributed by atoms with van der Waals surface area (Å²) < 4.78 is 26.8. The molecule has 0 saturated heterocycles. The minimum Gasteiger partial charge on any atom is -0.478 e. The minimum atomic E-state index is -3.48. The van der Waals surface area contributed by atoms with E-state index in [1.54, 1.807) is 6.92 Å². The number of hydrogen-bond donors (Lipinski definition) is 2. The van der Waals surface area contributed by atoms with E-state index in [4.69, 9.17) is 5.11 Å². The molecule has 1 atom stereocenters. The number of nitrogens with one attached hydrogen (secondary N) is 1. The van der Waals surface area contributed by atoms with E-state index < -0.39 is 16.0 Å². The van der Waals surface area contributed by atoms with E-state index in [1.165, 1.54) is 35.6 Å². The normalized spacial score (nSPS) is 13.0. The average Bonchev–Trinajstić information content (AvgIpc) is 2.92. The fourth-order valence-electron chi connectivity index (χ4n) is 1.87. The van der Waals surface area contributed by atoms with E-state index in [2.05, 4.69) is 4.72 Å². The Labute approximate surface area is 127 Å². The first-order valence-corrected chi connectivity index (χ1v) is 8.76. The van der Waals surface area contributed by atoms with Crippen molar-refractivity contribution in [1.82, 2.24) is 4.72 Å². The highest BCUT2D eigenvalue weighted by Gasteiger charge is 2.17. The van der Waals surface area contributed by atoms with Crippen molar-refractivity contribution in [3.63, 3.8) is 0 Å². The third-order valence-electron chi connectivity index (χ3n) is 2.88. The maximum Gasteiger partial charge on any atom is 0.335 e. The van der Waals surface area contributed by atoms with Gasteiger partial charge in [-0.1, -0.05) is 18.2 Å². The van der Waals surface area contributed by atoms with E-state index in [-0.39, 0.29) is 17.4 Å². The van der Waals surface area contributed by atoms with Crippen LogP contribution >= 0.6 is 11.3 Å². The lowest BCUT2D eigenvalue weighted by Crippen LogP contribution is -2.27. The van der Waals surface area contributed by atoms with Crippen LogP contribution in [-0.2, 0) is 15.8 Å². The summed E-state index contributed by atoms with van der Waals surface area (Å²) in [5.41, 5.74) is 0.682. The summed E-state index contributed by atoms with van der Waals surface area (Å²) in [5.74, 6) is -1.21. The Morgan fingerprint density at radius 2 is 1.95 bits per heavy atom. The summed E-state index contributed by atoms with van der Waals surface area (Å²) in [6.07, 6.45) is 0. The van der Waals surface area contributed by atoms with Gasteiger partial charge in [-0.05, 0) is 36.1 Å². The molecule has 0 saturated carbocycles. The van der Waals surface area contributed by atoms with Crippen molar-refractivity contribution in [2.45, 2.75) is 18.7 Å². The van der Waals surface area contributed by atoms with Gasteiger partial charge in [-0.25, -0.2) is 17.9 Å². The third-order valence-corrected chi connectivity index (χ3v) is 5.36. The quantitative estimate of drug-likeness (QED) is 0.855. The number of rotatable bonds is 6. The average molecular weight is 325 g/mol. The van der Waals surface area contributed by atoms with Gasteiger partial charge in [0.25, 0.3) is 0 Å². The van der Waals surface area contributed by atoms with Crippen molar-refractivity contribution in [1.29, 1.82) is 0 Å². The van der Waals surface area contributed by atoms with Gasteiger partial charge in [0.15, 0.2) is 0 Å². The Hall–Kier alpha value is -1.70. The van der Waals surface area contributed by atoms with Crippen molar-refractivity contribution in [2.75, 3.05) is 0 Å². The Balaban J connectivity index is 2.05. The maximum atomic E-state index is 12.1. The second-order valence-corrected chi connectivity index (χ2v) is 7.35. The van der Waals surface area contributed by atoms with Crippen molar-refractivity contribution < 1.29 is 18.3 Å². The van der Waals surface area contributed by atoms with Crippen LogP contribution in [0.25, 0.3) is 0 Å². The second kappa shape index (κ2) is 6.38. The zero-order valence-electron chi connectivity index (χ0n) is 11.3.